The van der Waals surface area contributed by atoms with E-state index < -0.39 is 0 Å². The van der Waals surface area contributed by atoms with Crippen LogP contribution in [0.3, 0.4) is 0 Å². The third kappa shape index (κ3) is 1.52. The molecule has 0 fully saturated rings. The van der Waals surface area contributed by atoms with Crippen molar-refractivity contribution in [3.63, 3.8) is 0 Å². The molecule has 0 atom stereocenters. The van der Waals surface area contributed by atoms with E-state index in [9.17, 15) is 9.18 Å². The Kier molecular flexibility index (Phi) is 2.26. The maximum absolute atomic E-state index is 13.9. The SMILES string of the molecule is O=C1NCc2c3c(c4[nH]c5ccccc5c4c21)Cc1ccc(F)cc1-3. The highest BCUT2D eigenvalue weighted by Gasteiger charge is 2.34. The van der Waals surface area contributed by atoms with Crippen LogP contribution in [0.25, 0.3) is 32.9 Å². The van der Waals surface area contributed by atoms with E-state index in [1.807, 2.05) is 30.3 Å². The van der Waals surface area contributed by atoms with E-state index in [-0.39, 0.29) is 11.7 Å². The van der Waals surface area contributed by atoms with Crippen LogP contribution in [-0.2, 0) is 13.0 Å². The summed E-state index contributed by atoms with van der Waals surface area (Å²) in [6.45, 7) is 0.502. The van der Waals surface area contributed by atoms with E-state index in [0.717, 1.165) is 56.0 Å². The minimum absolute atomic E-state index is 0.0441. The van der Waals surface area contributed by atoms with Crippen molar-refractivity contribution < 1.29 is 9.18 Å². The van der Waals surface area contributed by atoms with Gasteiger partial charge in [0.15, 0.2) is 0 Å². The molecule has 1 amide bonds. The molecule has 0 bridgehead atoms. The molecule has 0 spiro atoms. The third-order valence-corrected chi connectivity index (χ3v) is 5.52. The molecule has 0 saturated carbocycles. The maximum Gasteiger partial charge on any atom is 0.252 e. The van der Waals surface area contributed by atoms with Crippen molar-refractivity contribution in [1.29, 1.82) is 0 Å². The average molecular weight is 328 g/mol. The predicted molar refractivity (Wildman–Crippen MR) is 95.2 cm³/mol. The van der Waals surface area contributed by atoms with E-state index >= 15 is 0 Å². The Balaban J connectivity index is 1.86. The Morgan fingerprint density at radius 1 is 1.00 bits per heavy atom. The first-order valence-corrected chi connectivity index (χ1v) is 8.37. The molecule has 1 aliphatic heterocycles. The van der Waals surface area contributed by atoms with Crippen molar-refractivity contribution in [2.45, 2.75) is 13.0 Å². The van der Waals surface area contributed by atoms with Crippen LogP contribution in [0.4, 0.5) is 4.39 Å². The van der Waals surface area contributed by atoms with Gasteiger partial charge in [0.25, 0.3) is 5.91 Å². The smallest absolute Gasteiger partial charge is 0.252 e. The second kappa shape index (κ2) is 4.28. The quantitative estimate of drug-likeness (QED) is 0.438. The summed E-state index contributed by atoms with van der Waals surface area (Å²) in [7, 11) is 0. The Labute approximate surface area is 142 Å². The number of benzene rings is 3. The summed E-state index contributed by atoms with van der Waals surface area (Å²) >= 11 is 0. The number of halogens is 1. The van der Waals surface area contributed by atoms with Gasteiger partial charge in [0.2, 0.25) is 0 Å². The second-order valence-electron chi connectivity index (χ2n) is 6.79. The number of rotatable bonds is 0. The minimum atomic E-state index is -0.241. The van der Waals surface area contributed by atoms with Gasteiger partial charge in [0, 0.05) is 29.3 Å². The monoisotopic (exact) mass is 328 g/mol. The normalized spacial score (nSPS) is 14.7. The first kappa shape index (κ1) is 13.2. The number of H-pyrrole nitrogens is 1. The summed E-state index contributed by atoms with van der Waals surface area (Å²) < 4.78 is 13.9. The van der Waals surface area contributed by atoms with Gasteiger partial charge in [-0.3, -0.25) is 4.79 Å². The summed E-state index contributed by atoms with van der Waals surface area (Å²) in [5.41, 5.74) is 8.00. The van der Waals surface area contributed by atoms with Crippen molar-refractivity contribution >= 4 is 27.7 Å². The molecule has 0 unspecified atom stereocenters. The average Bonchev–Trinajstić information content (AvgIpc) is 3.27. The molecule has 3 nitrogen and oxygen atoms in total. The van der Waals surface area contributed by atoms with Gasteiger partial charge < -0.3 is 10.3 Å². The number of fused-ring (bicyclic) bond motifs is 10. The van der Waals surface area contributed by atoms with Gasteiger partial charge in [-0.15, -0.1) is 0 Å². The van der Waals surface area contributed by atoms with Crippen molar-refractivity contribution in [2.75, 3.05) is 0 Å². The number of carbonyl (C=O) groups is 1. The number of hydrogen-bond donors (Lipinski definition) is 2. The third-order valence-electron chi connectivity index (χ3n) is 5.52. The molecule has 4 aromatic rings. The molecule has 4 heteroatoms. The van der Waals surface area contributed by atoms with Gasteiger partial charge in [-0.1, -0.05) is 24.3 Å². The molecule has 120 valence electrons. The van der Waals surface area contributed by atoms with Crippen LogP contribution < -0.4 is 5.32 Å². The molecule has 0 radical (unpaired) electrons. The standard InChI is InChI=1S/C21H13FN2O/c22-11-6-5-10-7-14-17(13(10)8-11)15-9-23-21(25)19(15)18-12-3-1-2-4-16(12)24-20(14)18/h1-6,8,24H,7,9H2,(H,23,25). The van der Waals surface area contributed by atoms with Crippen LogP contribution in [0, 0.1) is 5.82 Å². The Morgan fingerprint density at radius 2 is 1.88 bits per heavy atom. The number of para-hydroxylation sites is 1. The lowest BCUT2D eigenvalue weighted by molar-refractivity contribution is 0.0967. The van der Waals surface area contributed by atoms with Crippen LogP contribution in [0.5, 0.6) is 0 Å². The molecule has 0 saturated heterocycles. The molecule has 1 aromatic heterocycles. The van der Waals surface area contributed by atoms with Gasteiger partial charge in [0.05, 0.1) is 11.1 Å². The number of aromatic amines is 1. The number of aromatic nitrogens is 1. The lowest BCUT2D eigenvalue weighted by Crippen LogP contribution is -2.12. The molecular formula is C21H13FN2O. The summed E-state index contributed by atoms with van der Waals surface area (Å²) in [6, 6.07) is 13.0. The van der Waals surface area contributed by atoms with Crippen molar-refractivity contribution in [2.24, 2.45) is 0 Å². The highest BCUT2D eigenvalue weighted by molar-refractivity contribution is 6.22. The fourth-order valence-electron chi connectivity index (χ4n) is 4.52. The van der Waals surface area contributed by atoms with E-state index in [1.54, 1.807) is 6.07 Å². The predicted octanol–water partition coefficient (Wildman–Crippen LogP) is 4.27. The van der Waals surface area contributed by atoms with Gasteiger partial charge in [-0.2, -0.15) is 0 Å². The highest BCUT2D eigenvalue weighted by Crippen LogP contribution is 2.47. The molecule has 3 aromatic carbocycles. The van der Waals surface area contributed by atoms with Crippen LogP contribution in [0.2, 0.25) is 0 Å². The van der Waals surface area contributed by atoms with Crippen LogP contribution in [0.15, 0.2) is 42.5 Å². The lowest BCUT2D eigenvalue weighted by Gasteiger charge is -2.10. The molecule has 2 N–H and O–H groups in total. The molecule has 2 aliphatic rings. The van der Waals surface area contributed by atoms with Crippen LogP contribution >= 0.6 is 0 Å². The zero-order valence-corrected chi connectivity index (χ0v) is 13.2. The first-order valence-electron chi connectivity index (χ1n) is 8.37. The maximum atomic E-state index is 13.9. The Bertz CT molecular complexity index is 1250. The Hall–Kier alpha value is -3.14. The van der Waals surface area contributed by atoms with Gasteiger partial charge in [0.1, 0.15) is 5.82 Å². The summed E-state index contributed by atoms with van der Waals surface area (Å²) in [5, 5.41) is 5.02. The van der Waals surface area contributed by atoms with Crippen molar-refractivity contribution in [3.05, 3.63) is 70.5 Å². The second-order valence-corrected chi connectivity index (χ2v) is 6.79. The topological polar surface area (TPSA) is 44.9 Å². The molecular weight excluding hydrogens is 315 g/mol. The van der Waals surface area contributed by atoms with E-state index in [1.165, 1.54) is 11.6 Å². The summed E-state index contributed by atoms with van der Waals surface area (Å²) in [6.07, 6.45) is 0.760. The molecule has 2 heterocycles. The van der Waals surface area contributed by atoms with Gasteiger partial charge in [-0.25, -0.2) is 4.39 Å². The zero-order chi connectivity index (χ0) is 16.7. The fraction of sp³-hybridized carbons (Fsp3) is 0.0952. The molecule has 1 aliphatic carbocycles. The number of amides is 1. The number of hydrogen-bond acceptors (Lipinski definition) is 1. The van der Waals surface area contributed by atoms with Gasteiger partial charge >= 0.3 is 0 Å². The highest BCUT2D eigenvalue weighted by atomic mass is 19.1. The van der Waals surface area contributed by atoms with E-state index in [4.69, 9.17) is 0 Å². The largest absolute Gasteiger partial charge is 0.354 e. The molecule has 25 heavy (non-hydrogen) atoms. The van der Waals surface area contributed by atoms with Gasteiger partial charge in [-0.05, 0) is 46.0 Å². The number of nitrogens with one attached hydrogen (secondary N) is 2. The minimum Gasteiger partial charge on any atom is -0.354 e. The van der Waals surface area contributed by atoms with E-state index in [0.29, 0.717) is 6.54 Å². The first-order chi connectivity index (χ1) is 12.2. The molecule has 6 rings (SSSR count). The summed E-state index contributed by atoms with van der Waals surface area (Å²) in [4.78, 5) is 16.1. The summed E-state index contributed by atoms with van der Waals surface area (Å²) in [5.74, 6) is -0.285. The van der Waals surface area contributed by atoms with Crippen LogP contribution in [0.1, 0.15) is 27.0 Å². The van der Waals surface area contributed by atoms with Crippen LogP contribution in [-0.4, -0.2) is 10.9 Å². The lowest BCUT2D eigenvalue weighted by atomic mass is 9.92. The van der Waals surface area contributed by atoms with E-state index in [2.05, 4.69) is 10.3 Å². The Morgan fingerprint density at radius 3 is 2.80 bits per heavy atom. The number of carbonyl (C=O) groups excluding carboxylic acids is 1. The zero-order valence-electron chi connectivity index (χ0n) is 13.2. The van der Waals surface area contributed by atoms with Crippen molar-refractivity contribution in [1.82, 2.24) is 10.3 Å². The fourth-order valence-corrected chi connectivity index (χ4v) is 4.52. The van der Waals surface area contributed by atoms with Crippen molar-refractivity contribution in [3.8, 4) is 11.1 Å².